The van der Waals surface area contributed by atoms with Crippen LogP contribution in [0, 0.1) is 17.2 Å². The van der Waals surface area contributed by atoms with Gasteiger partial charge in [-0.05, 0) is 66.0 Å². The standard InChI is InChI=1S/C23H25BrN2O5/c1-5-29-17-9-7-16(8-10-17)22(27)26-20(14(3)4)23(28)31-21-18(24)11-15(13-25)12-19(21)30-6-2/h7-12,14,20H,5-6H2,1-4H3,(H,26,27). The molecule has 164 valence electrons. The fourth-order valence-corrected chi connectivity index (χ4v) is 3.27. The van der Waals surface area contributed by atoms with Gasteiger partial charge in [-0.1, -0.05) is 13.8 Å². The molecule has 31 heavy (non-hydrogen) atoms. The van der Waals surface area contributed by atoms with E-state index in [1.165, 1.54) is 12.1 Å². The summed E-state index contributed by atoms with van der Waals surface area (Å²) < 4.78 is 16.9. The highest BCUT2D eigenvalue weighted by molar-refractivity contribution is 9.10. The van der Waals surface area contributed by atoms with E-state index in [4.69, 9.17) is 19.5 Å². The number of carbonyl (C=O) groups is 2. The molecule has 2 aromatic carbocycles. The van der Waals surface area contributed by atoms with E-state index in [0.29, 0.717) is 34.6 Å². The minimum Gasteiger partial charge on any atom is -0.494 e. The van der Waals surface area contributed by atoms with Gasteiger partial charge in [-0.3, -0.25) is 4.79 Å². The largest absolute Gasteiger partial charge is 0.494 e. The number of halogens is 1. The second-order valence-corrected chi connectivity index (χ2v) is 7.76. The van der Waals surface area contributed by atoms with Gasteiger partial charge in [0.2, 0.25) is 0 Å². The Kier molecular flexibility index (Phi) is 8.88. The summed E-state index contributed by atoms with van der Waals surface area (Å²) in [6.45, 7) is 8.13. The monoisotopic (exact) mass is 488 g/mol. The second-order valence-electron chi connectivity index (χ2n) is 6.90. The number of ether oxygens (including phenoxy) is 3. The van der Waals surface area contributed by atoms with Crippen molar-refractivity contribution in [3.8, 4) is 23.3 Å². The van der Waals surface area contributed by atoms with Crippen molar-refractivity contribution in [3.63, 3.8) is 0 Å². The number of hydrogen-bond acceptors (Lipinski definition) is 6. The summed E-state index contributed by atoms with van der Waals surface area (Å²) in [5.74, 6) is -0.183. The van der Waals surface area contributed by atoms with Gasteiger partial charge in [-0.25, -0.2) is 4.79 Å². The minimum absolute atomic E-state index is 0.159. The van der Waals surface area contributed by atoms with Gasteiger partial charge in [0, 0.05) is 11.6 Å². The first-order valence-electron chi connectivity index (χ1n) is 9.92. The average molecular weight is 489 g/mol. The van der Waals surface area contributed by atoms with Gasteiger partial charge in [0.15, 0.2) is 11.5 Å². The Bertz CT molecular complexity index is 967. The first-order valence-corrected chi connectivity index (χ1v) is 10.7. The first kappa shape index (κ1) is 24.2. The van der Waals surface area contributed by atoms with E-state index in [2.05, 4.69) is 21.2 Å². The van der Waals surface area contributed by atoms with Crippen molar-refractivity contribution < 1.29 is 23.8 Å². The van der Waals surface area contributed by atoms with Gasteiger partial charge < -0.3 is 19.5 Å². The van der Waals surface area contributed by atoms with E-state index in [1.54, 1.807) is 31.2 Å². The molecule has 1 N–H and O–H groups in total. The summed E-state index contributed by atoms with van der Waals surface area (Å²) in [4.78, 5) is 25.6. The molecule has 0 radical (unpaired) electrons. The maximum atomic E-state index is 12.9. The summed E-state index contributed by atoms with van der Waals surface area (Å²) in [7, 11) is 0. The molecular weight excluding hydrogens is 464 g/mol. The zero-order valence-electron chi connectivity index (χ0n) is 17.9. The molecule has 0 bridgehead atoms. The zero-order valence-corrected chi connectivity index (χ0v) is 19.5. The van der Waals surface area contributed by atoms with Crippen molar-refractivity contribution in [2.24, 2.45) is 5.92 Å². The molecular formula is C23H25BrN2O5. The number of carbonyl (C=O) groups excluding carboxylic acids is 2. The SMILES string of the molecule is CCOc1ccc(C(=O)NC(C(=O)Oc2c(Br)cc(C#N)cc2OCC)C(C)C)cc1. The number of nitrogens with zero attached hydrogens (tertiary/aromatic N) is 1. The van der Waals surface area contributed by atoms with Crippen molar-refractivity contribution in [2.45, 2.75) is 33.7 Å². The molecule has 7 nitrogen and oxygen atoms in total. The van der Waals surface area contributed by atoms with E-state index < -0.39 is 17.9 Å². The predicted octanol–water partition coefficient (Wildman–Crippen LogP) is 4.48. The second kappa shape index (κ2) is 11.4. The van der Waals surface area contributed by atoms with Crippen LogP contribution in [0.2, 0.25) is 0 Å². The van der Waals surface area contributed by atoms with E-state index >= 15 is 0 Å². The Labute approximate surface area is 190 Å². The van der Waals surface area contributed by atoms with Gasteiger partial charge in [0.25, 0.3) is 5.91 Å². The van der Waals surface area contributed by atoms with Crippen LogP contribution in [0.15, 0.2) is 40.9 Å². The number of hydrogen-bond donors (Lipinski definition) is 1. The third-order valence-corrected chi connectivity index (χ3v) is 4.86. The van der Waals surface area contributed by atoms with Gasteiger partial charge in [-0.2, -0.15) is 5.26 Å². The minimum atomic E-state index is -0.893. The summed E-state index contributed by atoms with van der Waals surface area (Å²) in [6.07, 6.45) is 0. The van der Waals surface area contributed by atoms with Gasteiger partial charge in [-0.15, -0.1) is 0 Å². The average Bonchev–Trinajstić information content (AvgIpc) is 2.74. The van der Waals surface area contributed by atoms with Crippen molar-refractivity contribution >= 4 is 27.8 Å². The number of nitriles is 1. The molecule has 1 unspecified atom stereocenters. The van der Waals surface area contributed by atoms with Crippen LogP contribution in [0.4, 0.5) is 0 Å². The quantitative estimate of drug-likeness (QED) is 0.412. The number of rotatable bonds is 9. The lowest BCUT2D eigenvalue weighted by Crippen LogP contribution is -2.46. The van der Waals surface area contributed by atoms with Crippen LogP contribution < -0.4 is 19.5 Å². The molecule has 0 spiro atoms. The number of nitrogens with one attached hydrogen (secondary N) is 1. The van der Waals surface area contributed by atoms with Crippen LogP contribution >= 0.6 is 15.9 Å². The fourth-order valence-electron chi connectivity index (χ4n) is 2.75. The van der Waals surface area contributed by atoms with Crippen molar-refractivity contribution in [3.05, 3.63) is 52.0 Å². The molecule has 0 aliphatic heterocycles. The van der Waals surface area contributed by atoms with Crippen molar-refractivity contribution in [1.82, 2.24) is 5.32 Å². The molecule has 2 aromatic rings. The van der Waals surface area contributed by atoms with Crippen LogP contribution in [0.1, 0.15) is 43.6 Å². The van der Waals surface area contributed by atoms with E-state index in [9.17, 15) is 9.59 Å². The molecule has 0 heterocycles. The predicted molar refractivity (Wildman–Crippen MR) is 119 cm³/mol. The number of esters is 1. The smallest absolute Gasteiger partial charge is 0.334 e. The third-order valence-electron chi connectivity index (χ3n) is 4.28. The molecule has 8 heteroatoms. The van der Waals surface area contributed by atoms with Gasteiger partial charge >= 0.3 is 5.97 Å². The Morgan fingerprint density at radius 2 is 1.74 bits per heavy atom. The van der Waals surface area contributed by atoms with Crippen LogP contribution in [0.5, 0.6) is 17.2 Å². The van der Waals surface area contributed by atoms with Gasteiger partial charge in [0.1, 0.15) is 11.8 Å². The molecule has 1 atom stereocenters. The van der Waals surface area contributed by atoms with Crippen molar-refractivity contribution in [1.29, 1.82) is 5.26 Å². The molecule has 0 aliphatic rings. The van der Waals surface area contributed by atoms with Crippen LogP contribution in [-0.4, -0.2) is 31.1 Å². The molecule has 0 saturated carbocycles. The number of amides is 1. The molecule has 0 fully saturated rings. The van der Waals surface area contributed by atoms with Crippen LogP contribution in [0.3, 0.4) is 0 Å². The lowest BCUT2D eigenvalue weighted by atomic mass is 10.0. The topological polar surface area (TPSA) is 97.6 Å². The molecule has 0 saturated heterocycles. The highest BCUT2D eigenvalue weighted by Crippen LogP contribution is 2.37. The zero-order chi connectivity index (χ0) is 23.0. The van der Waals surface area contributed by atoms with Gasteiger partial charge in [0.05, 0.1) is 29.3 Å². The Morgan fingerprint density at radius 3 is 2.29 bits per heavy atom. The Hall–Kier alpha value is -3.05. The summed E-state index contributed by atoms with van der Waals surface area (Å²) >= 11 is 3.32. The maximum absolute atomic E-state index is 12.9. The summed E-state index contributed by atoms with van der Waals surface area (Å²) in [5.41, 5.74) is 0.760. The summed E-state index contributed by atoms with van der Waals surface area (Å²) in [5, 5.41) is 11.9. The van der Waals surface area contributed by atoms with E-state index in [1.807, 2.05) is 26.8 Å². The lowest BCUT2D eigenvalue weighted by molar-refractivity contribution is -0.137. The van der Waals surface area contributed by atoms with E-state index in [-0.39, 0.29) is 17.4 Å². The first-order chi connectivity index (χ1) is 14.8. The van der Waals surface area contributed by atoms with Crippen molar-refractivity contribution in [2.75, 3.05) is 13.2 Å². The lowest BCUT2D eigenvalue weighted by Gasteiger charge is -2.22. The van der Waals surface area contributed by atoms with Crippen LogP contribution in [-0.2, 0) is 4.79 Å². The molecule has 0 aliphatic carbocycles. The molecule has 2 rings (SSSR count). The molecule has 0 aromatic heterocycles. The van der Waals surface area contributed by atoms with Crippen LogP contribution in [0.25, 0.3) is 0 Å². The summed E-state index contributed by atoms with van der Waals surface area (Å²) in [6, 6.07) is 10.8. The normalized spacial score (nSPS) is 11.4. The maximum Gasteiger partial charge on any atom is 0.334 e. The fraction of sp³-hybridized carbons (Fsp3) is 0.348. The number of benzene rings is 2. The Balaban J connectivity index is 2.21. The highest BCUT2D eigenvalue weighted by atomic mass is 79.9. The third kappa shape index (κ3) is 6.46. The van der Waals surface area contributed by atoms with E-state index in [0.717, 1.165) is 0 Å². The molecule has 1 amide bonds. The Morgan fingerprint density at radius 1 is 1.10 bits per heavy atom. The highest BCUT2D eigenvalue weighted by Gasteiger charge is 2.28.